The molecule has 2 heterocycles. The molecular weight excluding hydrogens is 316 g/mol. The average Bonchev–Trinajstić information content (AvgIpc) is 2.93. The van der Waals surface area contributed by atoms with E-state index in [9.17, 15) is 4.79 Å². The smallest absolute Gasteiger partial charge is 0.212 e. The standard InChI is InChI=1S/C17H13ClN2OS/c18-11-7-5-10(6-8-11)16(21)15-14-12-3-1-2-4-13(12)22-17(14)20-9-19-15/h5-9H,1-4H2. The highest BCUT2D eigenvalue weighted by atomic mass is 35.5. The number of ketones is 1. The molecule has 0 unspecified atom stereocenters. The summed E-state index contributed by atoms with van der Waals surface area (Å²) < 4.78 is 0. The second kappa shape index (κ2) is 5.45. The molecule has 0 bridgehead atoms. The molecule has 1 aliphatic carbocycles. The number of halogens is 1. The van der Waals surface area contributed by atoms with E-state index in [1.807, 2.05) is 0 Å². The highest BCUT2D eigenvalue weighted by Gasteiger charge is 2.23. The van der Waals surface area contributed by atoms with Crippen LogP contribution < -0.4 is 0 Å². The van der Waals surface area contributed by atoms with Crippen LogP contribution in [0.1, 0.15) is 39.3 Å². The van der Waals surface area contributed by atoms with Crippen LogP contribution in [0.2, 0.25) is 5.02 Å². The van der Waals surface area contributed by atoms with Crippen molar-refractivity contribution in [2.45, 2.75) is 25.7 Å². The maximum Gasteiger partial charge on any atom is 0.212 e. The fourth-order valence-electron chi connectivity index (χ4n) is 3.00. The zero-order chi connectivity index (χ0) is 15.1. The summed E-state index contributed by atoms with van der Waals surface area (Å²) in [7, 11) is 0. The van der Waals surface area contributed by atoms with Crippen molar-refractivity contribution in [3.63, 3.8) is 0 Å². The lowest BCUT2D eigenvalue weighted by Gasteiger charge is -2.11. The van der Waals surface area contributed by atoms with Crippen LogP contribution in [0.25, 0.3) is 10.2 Å². The number of thiophene rings is 1. The molecule has 110 valence electrons. The number of carbonyl (C=O) groups is 1. The number of benzene rings is 1. The van der Waals surface area contributed by atoms with E-state index in [4.69, 9.17) is 11.6 Å². The van der Waals surface area contributed by atoms with Crippen molar-refractivity contribution in [2.75, 3.05) is 0 Å². The molecule has 4 rings (SSSR count). The first-order valence-electron chi connectivity index (χ1n) is 7.29. The van der Waals surface area contributed by atoms with Crippen molar-refractivity contribution >= 4 is 38.9 Å². The minimum Gasteiger partial charge on any atom is -0.287 e. The Labute approximate surface area is 137 Å². The molecular formula is C17H13ClN2OS. The van der Waals surface area contributed by atoms with Crippen LogP contribution in [-0.2, 0) is 12.8 Å². The summed E-state index contributed by atoms with van der Waals surface area (Å²) in [5.41, 5.74) is 2.41. The van der Waals surface area contributed by atoms with Gasteiger partial charge in [-0.15, -0.1) is 11.3 Å². The molecule has 1 aromatic carbocycles. The molecule has 0 atom stereocenters. The topological polar surface area (TPSA) is 42.9 Å². The van der Waals surface area contributed by atoms with Gasteiger partial charge in [0.1, 0.15) is 16.9 Å². The van der Waals surface area contributed by atoms with Gasteiger partial charge in [0.25, 0.3) is 0 Å². The third-order valence-electron chi connectivity index (χ3n) is 4.07. The Bertz CT molecular complexity index is 870. The van der Waals surface area contributed by atoms with Crippen LogP contribution in [0, 0.1) is 0 Å². The summed E-state index contributed by atoms with van der Waals surface area (Å²) >= 11 is 7.60. The number of rotatable bonds is 2. The number of fused-ring (bicyclic) bond motifs is 3. The minimum absolute atomic E-state index is 0.0600. The van der Waals surface area contributed by atoms with E-state index >= 15 is 0 Å². The van der Waals surface area contributed by atoms with Crippen molar-refractivity contribution in [1.29, 1.82) is 0 Å². The predicted molar refractivity (Wildman–Crippen MR) is 88.9 cm³/mol. The Morgan fingerprint density at radius 3 is 2.68 bits per heavy atom. The highest BCUT2D eigenvalue weighted by molar-refractivity contribution is 7.18. The SMILES string of the molecule is O=C(c1ccc(Cl)cc1)c1ncnc2sc3c(c12)CCCC3. The summed E-state index contributed by atoms with van der Waals surface area (Å²) in [6.45, 7) is 0. The molecule has 0 saturated carbocycles. The Balaban J connectivity index is 1.89. The third kappa shape index (κ3) is 2.23. The van der Waals surface area contributed by atoms with Gasteiger partial charge in [-0.3, -0.25) is 4.79 Å². The van der Waals surface area contributed by atoms with E-state index in [-0.39, 0.29) is 5.78 Å². The molecule has 1 aliphatic rings. The molecule has 0 fully saturated rings. The molecule has 0 N–H and O–H groups in total. The van der Waals surface area contributed by atoms with Crippen molar-refractivity contribution in [3.05, 3.63) is 57.3 Å². The Morgan fingerprint density at radius 1 is 1.09 bits per heavy atom. The van der Waals surface area contributed by atoms with Crippen LogP contribution in [0.4, 0.5) is 0 Å². The van der Waals surface area contributed by atoms with Crippen LogP contribution in [0.15, 0.2) is 30.6 Å². The summed E-state index contributed by atoms with van der Waals surface area (Å²) in [5.74, 6) is -0.0600. The van der Waals surface area contributed by atoms with Gasteiger partial charge >= 0.3 is 0 Å². The Hall–Kier alpha value is -1.78. The maximum atomic E-state index is 12.8. The van der Waals surface area contributed by atoms with E-state index < -0.39 is 0 Å². The van der Waals surface area contributed by atoms with E-state index in [0.29, 0.717) is 16.3 Å². The molecule has 5 heteroatoms. The lowest BCUT2D eigenvalue weighted by molar-refractivity contribution is 0.103. The third-order valence-corrected chi connectivity index (χ3v) is 5.52. The van der Waals surface area contributed by atoms with Gasteiger partial charge in [0.2, 0.25) is 5.78 Å². The lowest BCUT2D eigenvalue weighted by atomic mass is 9.94. The number of nitrogens with zero attached hydrogens (tertiary/aromatic N) is 2. The predicted octanol–water partition coefficient (Wildman–Crippen LogP) is 4.45. The van der Waals surface area contributed by atoms with Gasteiger partial charge in [-0.2, -0.15) is 0 Å². The Morgan fingerprint density at radius 2 is 1.86 bits per heavy atom. The first kappa shape index (κ1) is 13.9. The van der Waals surface area contributed by atoms with Crippen LogP contribution in [-0.4, -0.2) is 15.8 Å². The fraction of sp³-hybridized carbons (Fsp3) is 0.235. The van der Waals surface area contributed by atoms with E-state index in [0.717, 1.165) is 23.1 Å². The van der Waals surface area contributed by atoms with E-state index in [2.05, 4.69) is 9.97 Å². The van der Waals surface area contributed by atoms with Gasteiger partial charge in [0, 0.05) is 20.8 Å². The van der Waals surface area contributed by atoms with E-state index in [1.165, 1.54) is 29.6 Å². The average molecular weight is 329 g/mol. The second-order valence-electron chi connectivity index (χ2n) is 5.45. The highest BCUT2D eigenvalue weighted by Crippen LogP contribution is 2.36. The molecule has 3 aromatic rings. The molecule has 0 radical (unpaired) electrons. The molecule has 0 saturated heterocycles. The van der Waals surface area contributed by atoms with Gasteiger partial charge in [-0.1, -0.05) is 11.6 Å². The van der Waals surface area contributed by atoms with Crippen molar-refractivity contribution < 1.29 is 4.79 Å². The maximum absolute atomic E-state index is 12.8. The first-order valence-corrected chi connectivity index (χ1v) is 8.49. The molecule has 2 aromatic heterocycles. The summed E-state index contributed by atoms with van der Waals surface area (Å²) in [5, 5.41) is 1.58. The molecule has 0 aliphatic heterocycles. The summed E-state index contributed by atoms with van der Waals surface area (Å²) in [6.07, 6.45) is 5.98. The number of carbonyl (C=O) groups excluding carboxylic acids is 1. The molecule has 3 nitrogen and oxygen atoms in total. The number of aromatic nitrogens is 2. The molecule has 0 spiro atoms. The van der Waals surface area contributed by atoms with Crippen LogP contribution >= 0.6 is 22.9 Å². The monoisotopic (exact) mass is 328 g/mol. The molecule has 22 heavy (non-hydrogen) atoms. The van der Waals surface area contributed by atoms with Crippen molar-refractivity contribution in [1.82, 2.24) is 9.97 Å². The quantitative estimate of drug-likeness (QED) is 0.652. The minimum atomic E-state index is -0.0600. The number of hydrogen-bond acceptors (Lipinski definition) is 4. The largest absolute Gasteiger partial charge is 0.287 e. The van der Waals surface area contributed by atoms with Crippen molar-refractivity contribution in [3.8, 4) is 0 Å². The Kier molecular flexibility index (Phi) is 3.43. The summed E-state index contributed by atoms with van der Waals surface area (Å²) in [4.78, 5) is 23.8. The van der Waals surface area contributed by atoms with Gasteiger partial charge < -0.3 is 0 Å². The van der Waals surface area contributed by atoms with Crippen molar-refractivity contribution in [2.24, 2.45) is 0 Å². The van der Waals surface area contributed by atoms with Gasteiger partial charge in [-0.05, 0) is 55.5 Å². The zero-order valence-electron chi connectivity index (χ0n) is 11.8. The second-order valence-corrected chi connectivity index (χ2v) is 6.97. The van der Waals surface area contributed by atoms with E-state index in [1.54, 1.807) is 35.6 Å². The first-order chi connectivity index (χ1) is 10.7. The van der Waals surface area contributed by atoms with Crippen LogP contribution in [0.5, 0.6) is 0 Å². The van der Waals surface area contributed by atoms with Gasteiger partial charge in [0.05, 0.1) is 0 Å². The van der Waals surface area contributed by atoms with Gasteiger partial charge in [-0.25, -0.2) is 9.97 Å². The lowest BCUT2D eigenvalue weighted by Crippen LogP contribution is -2.07. The number of hydrogen-bond donors (Lipinski definition) is 0. The fourth-order valence-corrected chi connectivity index (χ4v) is 4.36. The summed E-state index contributed by atoms with van der Waals surface area (Å²) in [6, 6.07) is 6.96. The normalized spacial score (nSPS) is 14.0. The number of aryl methyl sites for hydroxylation is 2. The van der Waals surface area contributed by atoms with Gasteiger partial charge in [0.15, 0.2) is 0 Å². The molecule has 0 amide bonds. The zero-order valence-corrected chi connectivity index (χ0v) is 13.4. The van der Waals surface area contributed by atoms with Crippen LogP contribution in [0.3, 0.4) is 0 Å².